The third-order valence-corrected chi connectivity index (χ3v) is 5.09. The van der Waals surface area contributed by atoms with Gasteiger partial charge in [0, 0.05) is 28.9 Å². The number of hydrogen-bond donors (Lipinski definition) is 1. The number of nitrogens with zero attached hydrogens (tertiary/aromatic N) is 1. The molecule has 1 amide bonds. The zero-order chi connectivity index (χ0) is 19.1. The summed E-state index contributed by atoms with van der Waals surface area (Å²) < 4.78 is 5.59. The Kier molecular flexibility index (Phi) is 6.85. The van der Waals surface area contributed by atoms with E-state index in [4.69, 9.17) is 16.3 Å². The molecule has 3 aromatic rings. The van der Waals surface area contributed by atoms with Crippen molar-refractivity contribution in [3.05, 3.63) is 75.8 Å². The Bertz CT molecular complexity index is 876. The fourth-order valence-corrected chi connectivity index (χ4v) is 3.48. The Morgan fingerprint density at radius 1 is 1.15 bits per heavy atom. The Hall–Kier alpha value is -2.37. The molecule has 4 nitrogen and oxygen atoms in total. The highest BCUT2D eigenvalue weighted by atomic mass is 35.5. The molecule has 6 heteroatoms. The SMILES string of the molecule is Cc1ccc(Cc2cnc(NC(=O)CCCOc3ccc(Cl)cc3)s2)cc1. The molecule has 0 aliphatic heterocycles. The second kappa shape index (κ2) is 9.53. The molecular weight excluding hydrogens is 380 g/mol. The molecular formula is C21H21ClN2O2S. The predicted octanol–water partition coefficient (Wildman–Crippen LogP) is 5.49. The van der Waals surface area contributed by atoms with Crippen molar-refractivity contribution in [3.8, 4) is 5.75 Å². The van der Waals surface area contributed by atoms with Gasteiger partial charge in [0.2, 0.25) is 5.91 Å². The Balaban J connectivity index is 1.39. The number of aryl methyl sites for hydroxylation is 1. The summed E-state index contributed by atoms with van der Waals surface area (Å²) in [6.07, 6.45) is 3.67. The van der Waals surface area contributed by atoms with E-state index in [9.17, 15) is 4.79 Å². The predicted molar refractivity (Wildman–Crippen MR) is 111 cm³/mol. The van der Waals surface area contributed by atoms with Gasteiger partial charge in [-0.05, 0) is 43.2 Å². The first-order valence-corrected chi connectivity index (χ1v) is 9.96. The molecule has 0 bridgehead atoms. The lowest BCUT2D eigenvalue weighted by Crippen LogP contribution is -2.12. The van der Waals surface area contributed by atoms with Crippen LogP contribution in [0.2, 0.25) is 5.02 Å². The monoisotopic (exact) mass is 400 g/mol. The molecule has 0 atom stereocenters. The van der Waals surface area contributed by atoms with E-state index >= 15 is 0 Å². The number of benzene rings is 2. The van der Waals surface area contributed by atoms with Gasteiger partial charge in [0.15, 0.2) is 5.13 Å². The molecule has 0 radical (unpaired) electrons. The summed E-state index contributed by atoms with van der Waals surface area (Å²) in [5, 5.41) is 4.17. The van der Waals surface area contributed by atoms with Crippen molar-refractivity contribution in [2.24, 2.45) is 0 Å². The van der Waals surface area contributed by atoms with Crippen LogP contribution in [0.3, 0.4) is 0 Å². The average molecular weight is 401 g/mol. The third-order valence-electron chi connectivity index (χ3n) is 3.93. The molecule has 0 saturated carbocycles. The molecule has 0 saturated heterocycles. The Morgan fingerprint density at radius 2 is 1.89 bits per heavy atom. The number of aromatic nitrogens is 1. The quantitative estimate of drug-likeness (QED) is 0.508. The van der Waals surface area contributed by atoms with Gasteiger partial charge in [-0.2, -0.15) is 0 Å². The number of nitrogens with one attached hydrogen (secondary N) is 1. The zero-order valence-electron chi connectivity index (χ0n) is 15.1. The number of carbonyl (C=O) groups is 1. The van der Waals surface area contributed by atoms with Crippen LogP contribution in [0.5, 0.6) is 5.75 Å². The van der Waals surface area contributed by atoms with E-state index in [0.717, 1.165) is 17.0 Å². The number of ether oxygens (including phenoxy) is 1. The number of carbonyl (C=O) groups excluding carboxylic acids is 1. The molecule has 0 aliphatic rings. The lowest BCUT2D eigenvalue weighted by Gasteiger charge is -2.06. The van der Waals surface area contributed by atoms with Crippen LogP contribution in [0.25, 0.3) is 0 Å². The first-order chi connectivity index (χ1) is 13.1. The summed E-state index contributed by atoms with van der Waals surface area (Å²) in [5.74, 6) is 0.700. The lowest BCUT2D eigenvalue weighted by molar-refractivity contribution is -0.116. The maximum atomic E-state index is 12.1. The van der Waals surface area contributed by atoms with Crippen LogP contribution in [0.15, 0.2) is 54.7 Å². The number of hydrogen-bond acceptors (Lipinski definition) is 4. The van der Waals surface area contributed by atoms with Crippen molar-refractivity contribution in [1.82, 2.24) is 4.98 Å². The van der Waals surface area contributed by atoms with Crippen molar-refractivity contribution >= 4 is 34.0 Å². The topological polar surface area (TPSA) is 51.2 Å². The van der Waals surface area contributed by atoms with Crippen LogP contribution in [0, 0.1) is 6.92 Å². The van der Waals surface area contributed by atoms with E-state index in [1.807, 2.05) is 18.3 Å². The van der Waals surface area contributed by atoms with Crippen LogP contribution >= 0.6 is 22.9 Å². The van der Waals surface area contributed by atoms with Crippen molar-refractivity contribution in [3.63, 3.8) is 0 Å². The number of amides is 1. The maximum absolute atomic E-state index is 12.1. The minimum atomic E-state index is -0.0501. The minimum absolute atomic E-state index is 0.0501. The standard InChI is InChI=1S/C21H21ClN2O2S/c1-15-4-6-16(7-5-15)13-19-14-23-21(27-19)24-20(25)3-2-12-26-18-10-8-17(22)9-11-18/h4-11,14H,2-3,12-13H2,1H3,(H,23,24,25). The van der Waals surface area contributed by atoms with Crippen molar-refractivity contribution in [2.45, 2.75) is 26.2 Å². The van der Waals surface area contributed by atoms with Crippen molar-refractivity contribution < 1.29 is 9.53 Å². The molecule has 0 unspecified atom stereocenters. The summed E-state index contributed by atoms with van der Waals surface area (Å²) in [6, 6.07) is 15.6. The fourth-order valence-electron chi connectivity index (χ4n) is 2.49. The van der Waals surface area contributed by atoms with E-state index in [1.54, 1.807) is 12.1 Å². The van der Waals surface area contributed by atoms with Gasteiger partial charge in [-0.3, -0.25) is 4.79 Å². The third kappa shape index (κ3) is 6.38. The first kappa shape index (κ1) is 19.4. The van der Waals surface area contributed by atoms with Gasteiger partial charge < -0.3 is 10.1 Å². The van der Waals surface area contributed by atoms with Crippen LogP contribution in [0.1, 0.15) is 28.8 Å². The number of thiazole rings is 1. The van der Waals surface area contributed by atoms with Gasteiger partial charge in [-0.25, -0.2) is 4.98 Å². The summed E-state index contributed by atoms with van der Waals surface area (Å²) >= 11 is 7.34. The largest absolute Gasteiger partial charge is 0.494 e. The molecule has 0 fully saturated rings. The highest BCUT2D eigenvalue weighted by Crippen LogP contribution is 2.22. The summed E-state index contributed by atoms with van der Waals surface area (Å²) in [4.78, 5) is 17.5. The summed E-state index contributed by atoms with van der Waals surface area (Å²) in [5.41, 5.74) is 2.48. The second-order valence-electron chi connectivity index (χ2n) is 6.25. The molecule has 0 spiro atoms. The zero-order valence-corrected chi connectivity index (χ0v) is 16.6. The van der Waals surface area contributed by atoms with Gasteiger partial charge in [-0.15, -0.1) is 11.3 Å². The van der Waals surface area contributed by atoms with E-state index in [2.05, 4.69) is 41.5 Å². The van der Waals surface area contributed by atoms with Crippen LogP contribution < -0.4 is 10.1 Å². The average Bonchev–Trinajstić information content (AvgIpc) is 3.09. The molecule has 1 N–H and O–H groups in total. The first-order valence-electron chi connectivity index (χ1n) is 8.77. The van der Waals surface area contributed by atoms with Crippen LogP contribution in [-0.2, 0) is 11.2 Å². The van der Waals surface area contributed by atoms with Crippen molar-refractivity contribution in [1.29, 1.82) is 0 Å². The molecule has 140 valence electrons. The van der Waals surface area contributed by atoms with Gasteiger partial charge >= 0.3 is 0 Å². The van der Waals surface area contributed by atoms with E-state index < -0.39 is 0 Å². The van der Waals surface area contributed by atoms with E-state index in [0.29, 0.717) is 29.6 Å². The molecule has 0 aliphatic carbocycles. The van der Waals surface area contributed by atoms with Crippen molar-refractivity contribution in [2.75, 3.05) is 11.9 Å². The second-order valence-corrected chi connectivity index (χ2v) is 7.80. The number of halogens is 1. The molecule has 1 heterocycles. The Labute approximate surface area is 168 Å². The van der Waals surface area contributed by atoms with E-state index in [1.165, 1.54) is 22.5 Å². The number of rotatable bonds is 8. The van der Waals surface area contributed by atoms with Gasteiger partial charge in [0.05, 0.1) is 6.61 Å². The lowest BCUT2D eigenvalue weighted by atomic mass is 10.1. The van der Waals surface area contributed by atoms with Gasteiger partial charge in [-0.1, -0.05) is 41.4 Å². The smallest absolute Gasteiger partial charge is 0.226 e. The van der Waals surface area contributed by atoms with Gasteiger partial charge in [0.25, 0.3) is 0 Å². The van der Waals surface area contributed by atoms with Crippen LogP contribution in [0.4, 0.5) is 5.13 Å². The van der Waals surface area contributed by atoms with Gasteiger partial charge in [0.1, 0.15) is 5.75 Å². The maximum Gasteiger partial charge on any atom is 0.226 e. The Morgan fingerprint density at radius 3 is 2.63 bits per heavy atom. The summed E-state index contributed by atoms with van der Waals surface area (Å²) in [6.45, 7) is 2.55. The highest BCUT2D eigenvalue weighted by Gasteiger charge is 2.07. The molecule has 27 heavy (non-hydrogen) atoms. The highest BCUT2D eigenvalue weighted by molar-refractivity contribution is 7.15. The molecule has 2 aromatic carbocycles. The van der Waals surface area contributed by atoms with E-state index in [-0.39, 0.29) is 5.91 Å². The van der Waals surface area contributed by atoms with Crippen LogP contribution in [-0.4, -0.2) is 17.5 Å². The number of anilines is 1. The molecule has 3 rings (SSSR count). The minimum Gasteiger partial charge on any atom is -0.494 e. The summed E-state index contributed by atoms with van der Waals surface area (Å²) in [7, 11) is 0. The normalized spacial score (nSPS) is 10.6. The molecule has 1 aromatic heterocycles. The fraction of sp³-hybridized carbons (Fsp3) is 0.238.